The number of nitrogens with zero attached hydrogens (tertiary/aromatic N) is 1. The molecule has 7 nitrogen and oxygen atoms in total. The molecule has 0 spiro atoms. The van der Waals surface area contributed by atoms with E-state index >= 15 is 0 Å². The summed E-state index contributed by atoms with van der Waals surface area (Å²) < 4.78 is 33.9. The van der Waals surface area contributed by atoms with E-state index < -0.39 is 15.9 Å². The molecule has 1 aliphatic rings. The Labute approximate surface area is 180 Å². The lowest BCUT2D eigenvalue weighted by molar-refractivity contribution is -0.114. The average molecular weight is 436 g/mol. The van der Waals surface area contributed by atoms with Gasteiger partial charge in [0.05, 0.1) is 12.8 Å². The van der Waals surface area contributed by atoms with Crippen LogP contribution in [-0.4, -0.2) is 33.8 Å². The lowest BCUT2D eigenvalue weighted by Gasteiger charge is -2.21. The average Bonchev–Trinajstić information content (AvgIpc) is 2.80. The molecule has 2 N–H and O–H groups in total. The number of nitrogens with one attached hydrogen (secondary N) is 2. The molecule has 0 fully saturated rings. The molecule has 1 amide bonds. The number of amides is 1. The zero-order valence-electron chi connectivity index (χ0n) is 16.8. The first-order valence-corrected chi connectivity index (χ1v) is 11.1. The number of sulfonamides is 1. The standard InChI is InChI=1S/C23H21N3O4S/c1-30-18-12-13-20-21(14-18)31(28,29)26-22(25-20)23(27)24-15-19(16-8-4-2-5-9-16)17-10-6-3-7-11-17/h2-14,19H,15H2,1H3,(H,24,27)(H,25,26). The zero-order valence-corrected chi connectivity index (χ0v) is 17.6. The Morgan fingerprint density at radius 2 is 1.61 bits per heavy atom. The Bertz CT molecular complexity index is 1190. The summed E-state index contributed by atoms with van der Waals surface area (Å²) in [4.78, 5) is 12.8. The molecule has 158 valence electrons. The molecule has 4 rings (SSSR count). The van der Waals surface area contributed by atoms with Crippen LogP contribution in [0.1, 0.15) is 17.0 Å². The molecule has 31 heavy (non-hydrogen) atoms. The highest BCUT2D eigenvalue weighted by atomic mass is 32.2. The largest absolute Gasteiger partial charge is 0.497 e. The lowest BCUT2D eigenvalue weighted by atomic mass is 9.91. The molecule has 0 atom stereocenters. The zero-order chi connectivity index (χ0) is 21.8. The summed E-state index contributed by atoms with van der Waals surface area (Å²) in [6.07, 6.45) is 0. The van der Waals surface area contributed by atoms with Gasteiger partial charge in [-0.25, -0.2) is 0 Å². The van der Waals surface area contributed by atoms with Crippen molar-refractivity contribution < 1.29 is 17.9 Å². The maximum absolute atomic E-state index is 12.8. The predicted molar refractivity (Wildman–Crippen MR) is 119 cm³/mol. The molecular weight excluding hydrogens is 414 g/mol. The van der Waals surface area contributed by atoms with Crippen LogP contribution in [0.5, 0.6) is 5.75 Å². The fraction of sp³-hybridized carbons (Fsp3) is 0.130. The third kappa shape index (κ3) is 4.44. The number of benzene rings is 3. The number of carbonyl (C=O) groups is 1. The molecule has 0 unspecified atom stereocenters. The molecule has 3 aromatic rings. The van der Waals surface area contributed by atoms with Crippen LogP contribution >= 0.6 is 0 Å². The van der Waals surface area contributed by atoms with Crippen molar-refractivity contribution >= 4 is 27.5 Å². The van der Waals surface area contributed by atoms with E-state index in [1.807, 2.05) is 60.7 Å². The molecule has 0 aromatic heterocycles. The van der Waals surface area contributed by atoms with Crippen molar-refractivity contribution in [1.82, 2.24) is 5.32 Å². The molecule has 3 aromatic carbocycles. The minimum Gasteiger partial charge on any atom is -0.497 e. The monoisotopic (exact) mass is 435 g/mol. The predicted octanol–water partition coefficient (Wildman–Crippen LogP) is 3.16. The van der Waals surface area contributed by atoms with E-state index in [1.165, 1.54) is 13.2 Å². The highest BCUT2D eigenvalue weighted by Gasteiger charge is 2.29. The van der Waals surface area contributed by atoms with Gasteiger partial charge in [0.1, 0.15) is 10.6 Å². The first-order valence-electron chi connectivity index (χ1n) is 9.66. The van der Waals surface area contributed by atoms with Crippen molar-refractivity contribution in [2.75, 3.05) is 19.0 Å². The number of methoxy groups -OCH3 is 1. The molecule has 8 heteroatoms. The number of amidine groups is 1. The summed E-state index contributed by atoms with van der Waals surface area (Å²) in [5.41, 5.74) is 2.36. The van der Waals surface area contributed by atoms with Gasteiger partial charge in [-0.05, 0) is 23.3 Å². The fourth-order valence-corrected chi connectivity index (χ4v) is 4.57. The summed E-state index contributed by atoms with van der Waals surface area (Å²) in [6, 6.07) is 24.1. The smallest absolute Gasteiger partial charge is 0.287 e. The van der Waals surface area contributed by atoms with E-state index in [-0.39, 0.29) is 28.9 Å². The van der Waals surface area contributed by atoms with Gasteiger partial charge in [-0.2, -0.15) is 8.42 Å². The van der Waals surface area contributed by atoms with Gasteiger partial charge in [-0.3, -0.25) is 4.79 Å². The Morgan fingerprint density at radius 1 is 1.00 bits per heavy atom. The Morgan fingerprint density at radius 3 is 2.19 bits per heavy atom. The van der Waals surface area contributed by atoms with E-state index in [2.05, 4.69) is 15.0 Å². The van der Waals surface area contributed by atoms with Crippen LogP contribution < -0.4 is 15.4 Å². The minimum absolute atomic E-state index is 0.0325. The van der Waals surface area contributed by atoms with E-state index in [4.69, 9.17) is 4.74 Å². The van der Waals surface area contributed by atoms with Gasteiger partial charge in [-0.15, -0.1) is 4.40 Å². The third-order valence-electron chi connectivity index (χ3n) is 5.02. The summed E-state index contributed by atoms with van der Waals surface area (Å²) in [7, 11) is -2.58. The summed E-state index contributed by atoms with van der Waals surface area (Å²) in [6.45, 7) is 0.281. The van der Waals surface area contributed by atoms with Gasteiger partial charge in [-0.1, -0.05) is 60.7 Å². The lowest BCUT2D eigenvalue weighted by Crippen LogP contribution is -2.40. The minimum atomic E-state index is -4.03. The molecule has 0 saturated carbocycles. The summed E-state index contributed by atoms with van der Waals surface area (Å²) in [5.74, 6) is -0.566. The summed E-state index contributed by atoms with van der Waals surface area (Å²) in [5, 5.41) is 5.63. The Hall–Kier alpha value is -3.65. The van der Waals surface area contributed by atoms with Gasteiger partial charge in [0.25, 0.3) is 15.9 Å². The van der Waals surface area contributed by atoms with Gasteiger partial charge in [0.15, 0.2) is 0 Å². The van der Waals surface area contributed by atoms with Crippen LogP contribution in [0.2, 0.25) is 0 Å². The van der Waals surface area contributed by atoms with Crippen LogP contribution in [0.3, 0.4) is 0 Å². The highest BCUT2D eigenvalue weighted by Crippen LogP contribution is 2.31. The van der Waals surface area contributed by atoms with Crippen LogP contribution in [0.15, 0.2) is 88.2 Å². The molecule has 1 aliphatic heterocycles. The van der Waals surface area contributed by atoms with Crippen molar-refractivity contribution in [2.24, 2.45) is 4.40 Å². The topological polar surface area (TPSA) is 96.9 Å². The molecule has 0 bridgehead atoms. The maximum Gasteiger partial charge on any atom is 0.287 e. The van der Waals surface area contributed by atoms with Gasteiger partial charge < -0.3 is 15.4 Å². The van der Waals surface area contributed by atoms with Crippen molar-refractivity contribution in [3.8, 4) is 5.75 Å². The third-order valence-corrected chi connectivity index (χ3v) is 6.33. The van der Waals surface area contributed by atoms with Crippen molar-refractivity contribution in [3.05, 3.63) is 90.0 Å². The van der Waals surface area contributed by atoms with Crippen molar-refractivity contribution in [2.45, 2.75) is 10.8 Å². The van der Waals surface area contributed by atoms with Gasteiger partial charge in [0, 0.05) is 18.5 Å². The van der Waals surface area contributed by atoms with Crippen molar-refractivity contribution in [3.63, 3.8) is 0 Å². The number of anilines is 1. The Balaban J connectivity index is 1.56. The molecule has 0 radical (unpaired) electrons. The number of carbonyl (C=O) groups excluding carboxylic acids is 1. The van der Waals surface area contributed by atoms with Crippen LogP contribution in [0, 0.1) is 0 Å². The number of fused-ring (bicyclic) bond motifs is 1. The molecule has 0 aliphatic carbocycles. The molecular formula is C23H21N3O4S. The van der Waals surface area contributed by atoms with Gasteiger partial charge >= 0.3 is 0 Å². The fourth-order valence-electron chi connectivity index (χ4n) is 3.44. The first-order chi connectivity index (χ1) is 15.0. The van der Waals surface area contributed by atoms with E-state index in [9.17, 15) is 13.2 Å². The second-order valence-corrected chi connectivity index (χ2v) is 8.56. The van der Waals surface area contributed by atoms with E-state index in [0.29, 0.717) is 5.75 Å². The van der Waals surface area contributed by atoms with E-state index in [0.717, 1.165) is 11.1 Å². The number of hydrogen-bond acceptors (Lipinski definition) is 5. The normalized spacial score (nSPS) is 14.2. The number of ether oxygens (including phenoxy) is 1. The summed E-state index contributed by atoms with van der Waals surface area (Å²) >= 11 is 0. The SMILES string of the molecule is COc1ccc2c(c1)S(=O)(=O)N=C(C(=O)NCC(c1ccccc1)c1ccccc1)N2. The quantitative estimate of drug-likeness (QED) is 0.620. The first kappa shape index (κ1) is 20.6. The Kier molecular flexibility index (Phi) is 5.73. The van der Waals surface area contributed by atoms with Crippen LogP contribution in [0.25, 0.3) is 0 Å². The number of rotatable bonds is 6. The maximum atomic E-state index is 12.8. The molecule has 1 heterocycles. The second-order valence-electron chi connectivity index (χ2n) is 6.99. The van der Waals surface area contributed by atoms with Gasteiger partial charge in [0.2, 0.25) is 5.84 Å². The van der Waals surface area contributed by atoms with Crippen LogP contribution in [-0.2, 0) is 14.8 Å². The van der Waals surface area contributed by atoms with Crippen LogP contribution in [0.4, 0.5) is 5.69 Å². The second kappa shape index (κ2) is 8.61. The van der Waals surface area contributed by atoms with E-state index in [1.54, 1.807) is 12.1 Å². The number of hydrogen-bond donors (Lipinski definition) is 2. The molecule has 0 saturated heterocycles. The van der Waals surface area contributed by atoms with Crippen molar-refractivity contribution in [1.29, 1.82) is 0 Å². The highest BCUT2D eigenvalue weighted by molar-refractivity contribution is 7.90.